The van der Waals surface area contributed by atoms with Crippen molar-refractivity contribution in [1.29, 1.82) is 0 Å². The van der Waals surface area contributed by atoms with Gasteiger partial charge in [-0.3, -0.25) is 4.57 Å². The Morgan fingerprint density at radius 3 is 2.41 bits per heavy atom. The van der Waals surface area contributed by atoms with Crippen LogP contribution in [0.5, 0.6) is 0 Å². The molecule has 0 atom stereocenters. The predicted octanol–water partition coefficient (Wildman–Crippen LogP) is 4.00. The van der Waals surface area contributed by atoms with Gasteiger partial charge >= 0.3 is 7.60 Å². The van der Waals surface area contributed by atoms with Gasteiger partial charge in [-0.25, -0.2) is 0 Å². The van der Waals surface area contributed by atoms with Crippen LogP contribution in [0.3, 0.4) is 0 Å². The summed E-state index contributed by atoms with van der Waals surface area (Å²) in [7, 11) is -3.09. The minimum Gasteiger partial charge on any atom is -0.465 e. The van der Waals surface area contributed by atoms with Crippen molar-refractivity contribution in [1.82, 2.24) is 0 Å². The Labute approximate surface area is 102 Å². The molecule has 0 aliphatic carbocycles. The molecule has 0 saturated carbocycles. The van der Waals surface area contributed by atoms with E-state index in [1.807, 2.05) is 13.0 Å². The highest BCUT2D eigenvalue weighted by Crippen LogP contribution is 2.51. The molecule has 0 saturated heterocycles. The second-order valence-electron chi connectivity index (χ2n) is 3.53. The minimum absolute atomic E-state index is 0.156. The highest BCUT2D eigenvalue weighted by atomic mass is 31.2. The van der Waals surface area contributed by atoms with E-state index in [0.29, 0.717) is 19.0 Å². The van der Waals surface area contributed by atoms with E-state index in [2.05, 4.69) is 6.58 Å². The highest BCUT2D eigenvalue weighted by molar-refractivity contribution is 7.53. The molecular formula is C12H19O4P. The zero-order valence-electron chi connectivity index (χ0n) is 10.6. The van der Waals surface area contributed by atoms with Gasteiger partial charge in [-0.15, -0.1) is 0 Å². The van der Waals surface area contributed by atoms with Gasteiger partial charge < -0.3 is 13.5 Å². The molecule has 1 aromatic heterocycles. The molecule has 1 heterocycles. The smallest absolute Gasteiger partial charge is 0.338 e. The van der Waals surface area contributed by atoms with Crippen molar-refractivity contribution < 1.29 is 18.0 Å². The highest BCUT2D eigenvalue weighted by Gasteiger charge is 2.26. The molecule has 5 heteroatoms. The first kappa shape index (κ1) is 14.2. The van der Waals surface area contributed by atoms with Crippen LogP contribution in [0.25, 0.3) is 6.08 Å². The molecule has 0 fully saturated rings. The van der Waals surface area contributed by atoms with Gasteiger partial charge in [-0.2, -0.15) is 0 Å². The standard InChI is InChI=1S/C12H19O4P/c1-5-11-8-12(16-10(11)4)9-17(13,14-6-2)15-7-3/h5,8H,1,6-7,9H2,2-4H3. The fourth-order valence-corrected chi connectivity index (χ4v) is 3.13. The summed E-state index contributed by atoms with van der Waals surface area (Å²) in [5.41, 5.74) is 0.902. The van der Waals surface area contributed by atoms with Crippen LogP contribution in [0.15, 0.2) is 17.1 Å². The molecule has 1 rings (SSSR count). The molecule has 1 aromatic rings. The van der Waals surface area contributed by atoms with Gasteiger partial charge in [0.15, 0.2) is 0 Å². The van der Waals surface area contributed by atoms with Gasteiger partial charge in [0.05, 0.1) is 13.2 Å². The average Bonchev–Trinajstić information content (AvgIpc) is 2.58. The molecule has 0 amide bonds. The number of furan rings is 1. The van der Waals surface area contributed by atoms with E-state index in [1.165, 1.54) is 0 Å². The van der Waals surface area contributed by atoms with Crippen LogP contribution in [0.2, 0.25) is 0 Å². The van der Waals surface area contributed by atoms with Gasteiger partial charge in [0.25, 0.3) is 0 Å². The third-order valence-corrected chi connectivity index (χ3v) is 4.23. The van der Waals surface area contributed by atoms with E-state index in [-0.39, 0.29) is 6.16 Å². The number of hydrogen-bond acceptors (Lipinski definition) is 4. The molecule has 0 aromatic carbocycles. The maximum Gasteiger partial charge on any atom is 0.338 e. The summed E-state index contributed by atoms with van der Waals surface area (Å²) < 4.78 is 28.2. The van der Waals surface area contributed by atoms with Crippen molar-refractivity contribution in [3.63, 3.8) is 0 Å². The maximum atomic E-state index is 12.3. The molecule has 17 heavy (non-hydrogen) atoms. The number of aryl methyl sites for hydroxylation is 1. The zero-order chi connectivity index (χ0) is 12.9. The molecule has 96 valence electrons. The van der Waals surface area contributed by atoms with Crippen molar-refractivity contribution in [2.24, 2.45) is 0 Å². The van der Waals surface area contributed by atoms with Crippen LogP contribution in [0, 0.1) is 6.92 Å². The quantitative estimate of drug-likeness (QED) is 0.693. The molecule has 0 aliphatic heterocycles. The predicted molar refractivity (Wildman–Crippen MR) is 68.1 cm³/mol. The molecule has 0 bridgehead atoms. The van der Waals surface area contributed by atoms with Gasteiger partial charge in [0, 0.05) is 5.56 Å². The second-order valence-corrected chi connectivity index (χ2v) is 5.59. The Kier molecular flexibility index (Phi) is 5.19. The molecule has 0 unspecified atom stereocenters. The zero-order valence-corrected chi connectivity index (χ0v) is 11.5. The van der Waals surface area contributed by atoms with Crippen LogP contribution in [-0.4, -0.2) is 13.2 Å². The third kappa shape index (κ3) is 3.84. The Hall–Kier alpha value is -0.830. The summed E-state index contributed by atoms with van der Waals surface area (Å²) in [5, 5.41) is 0. The molecule has 0 spiro atoms. The summed E-state index contributed by atoms with van der Waals surface area (Å²) in [6, 6.07) is 1.81. The topological polar surface area (TPSA) is 48.7 Å². The fraction of sp³-hybridized carbons (Fsp3) is 0.500. The molecule has 4 nitrogen and oxygen atoms in total. The van der Waals surface area contributed by atoms with Crippen molar-refractivity contribution in [2.45, 2.75) is 26.9 Å². The van der Waals surface area contributed by atoms with Crippen LogP contribution in [0.4, 0.5) is 0 Å². The Bertz CT molecular complexity index is 412. The van der Waals surface area contributed by atoms with Crippen molar-refractivity contribution in [2.75, 3.05) is 13.2 Å². The van der Waals surface area contributed by atoms with Gasteiger partial charge in [0.2, 0.25) is 0 Å². The van der Waals surface area contributed by atoms with E-state index < -0.39 is 7.60 Å². The first-order chi connectivity index (χ1) is 8.04. The molecule has 0 N–H and O–H groups in total. The summed E-state index contributed by atoms with van der Waals surface area (Å²) in [5.74, 6) is 1.36. The summed E-state index contributed by atoms with van der Waals surface area (Å²) in [6.07, 6.45) is 1.86. The van der Waals surface area contributed by atoms with Crippen LogP contribution in [0.1, 0.15) is 30.9 Å². The maximum absolute atomic E-state index is 12.3. The van der Waals surface area contributed by atoms with Crippen LogP contribution < -0.4 is 0 Å². The van der Waals surface area contributed by atoms with Gasteiger partial charge in [-0.05, 0) is 26.8 Å². The lowest BCUT2D eigenvalue weighted by atomic mass is 10.2. The summed E-state index contributed by atoms with van der Waals surface area (Å²) >= 11 is 0. The second kappa shape index (κ2) is 6.20. The lowest BCUT2D eigenvalue weighted by Gasteiger charge is -2.15. The average molecular weight is 258 g/mol. The van der Waals surface area contributed by atoms with Crippen LogP contribution in [-0.2, 0) is 19.8 Å². The van der Waals surface area contributed by atoms with Gasteiger partial charge in [-0.1, -0.05) is 12.7 Å². The first-order valence-corrected chi connectivity index (χ1v) is 7.37. The number of rotatable bonds is 7. The summed E-state index contributed by atoms with van der Waals surface area (Å²) in [6.45, 7) is 9.80. The Morgan fingerprint density at radius 2 is 2.00 bits per heavy atom. The van der Waals surface area contributed by atoms with E-state index in [4.69, 9.17) is 13.5 Å². The van der Waals surface area contributed by atoms with E-state index in [0.717, 1.165) is 11.3 Å². The molecule has 0 aliphatic rings. The largest absolute Gasteiger partial charge is 0.465 e. The van der Waals surface area contributed by atoms with E-state index in [9.17, 15) is 4.57 Å². The van der Waals surface area contributed by atoms with Crippen molar-refractivity contribution in [3.8, 4) is 0 Å². The first-order valence-electron chi connectivity index (χ1n) is 5.64. The molecular weight excluding hydrogens is 239 g/mol. The van der Waals surface area contributed by atoms with E-state index in [1.54, 1.807) is 19.9 Å². The lowest BCUT2D eigenvalue weighted by Crippen LogP contribution is -1.98. The van der Waals surface area contributed by atoms with Gasteiger partial charge in [0.1, 0.15) is 17.7 Å². The SMILES string of the molecule is C=Cc1cc(CP(=O)(OCC)OCC)oc1C. The molecule has 0 radical (unpaired) electrons. The summed E-state index contributed by atoms with van der Waals surface area (Å²) in [4.78, 5) is 0. The normalized spacial score (nSPS) is 11.7. The van der Waals surface area contributed by atoms with Crippen molar-refractivity contribution in [3.05, 3.63) is 29.7 Å². The third-order valence-electron chi connectivity index (χ3n) is 2.23. The monoisotopic (exact) mass is 258 g/mol. The van der Waals surface area contributed by atoms with Crippen molar-refractivity contribution >= 4 is 13.7 Å². The lowest BCUT2D eigenvalue weighted by molar-refractivity contribution is 0.217. The minimum atomic E-state index is -3.09. The van der Waals surface area contributed by atoms with Crippen LogP contribution >= 0.6 is 7.60 Å². The van der Waals surface area contributed by atoms with E-state index >= 15 is 0 Å². The Balaban J connectivity index is 2.85. The fourth-order valence-electron chi connectivity index (χ4n) is 1.55. The Morgan fingerprint density at radius 1 is 1.41 bits per heavy atom. The number of hydrogen-bond donors (Lipinski definition) is 0.